The minimum Gasteiger partial charge on any atom is -0.496 e. The Hall–Kier alpha value is -1.85. The van der Waals surface area contributed by atoms with E-state index in [2.05, 4.69) is 34.2 Å². The summed E-state index contributed by atoms with van der Waals surface area (Å²) in [5.41, 5.74) is 3.10. The molecule has 0 radical (unpaired) electrons. The van der Waals surface area contributed by atoms with Crippen molar-refractivity contribution < 1.29 is 14.4 Å². The van der Waals surface area contributed by atoms with E-state index >= 15 is 0 Å². The SMILES string of the molecule is COc1ccc(C)cc1C[NH+](C)[C@H](C)C(=O)Nc1ccc(Br)cc1. The van der Waals surface area contributed by atoms with Crippen molar-refractivity contribution in [2.75, 3.05) is 19.5 Å². The van der Waals surface area contributed by atoms with Crippen molar-refractivity contribution in [1.29, 1.82) is 0 Å². The van der Waals surface area contributed by atoms with Gasteiger partial charge >= 0.3 is 0 Å². The van der Waals surface area contributed by atoms with Crippen molar-refractivity contribution >= 4 is 27.5 Å². The molecule has 2 aromatic carbocycles. The maximum Gasteiger partial charge on any atom is 0.282 e. The number of anilines is 1. The first kappa shape index (κ1) is 18.5. The minimum absolute atomic E-state index is 0.00134. The molecule has 0 aliphatic rings. The van der Waals surface area contributed by atoms with Crippen molar-refractivity contribution in [3.8, 4) is 5.75 Å². The summed E-state index contributed by atoms with van der Waals surface area (Å²) in [5, 5.41) is 2.96. The molecular weight excluding hydrogens is 368 g/mol. The predicted molar refractivity (Wildman–Crippen MR) is 101 cm³/mol. The first-order valence-corrected chi connectivity index (χ1v) is 8.72. The lowest BCUT2D eigenvalue weighted by Gasteiger charge is -2.22. The third kappa shape index (κ3) is 4.82. The zero-order valence-electron chi connectivity index (χ0n) is 14.5. The molecule has 5 heteroatoms. The average Bonchev–Trinajstić information content (AvgIpc) is 2.56. The molecule has 128 valence electrons. The maximum atomic E-state index is 12.5. The third-order valence-corrected chi connectivity index (χ3v) is 4.68. The maximum absolute atomic E-state index is 12.5. The van der Waals surface area contributed by atoms with Gasteiger partial charge < -0.3 is 15.0 Å². The van der Waals surface area contributed by atoms with Crippen LogP contribution in [0.3, 0.4) is 0 Å². The van der Waals surface area contributed by atoms with Crippen LogP contribution in [0.15, 0.2) is 46.9 Å². The Labute approximate surface area is 151 Å². The molecule has 0 spiro atoms. The number of hydrogen-bond acceptors (Lipinski definition) is 2. The van der Waals surface area contributed by atoms with Gasteiger partial charge in [0, 0.05) is 15.7 Å². The Balaban J connectivity index is 2.03. The number of rotatable bonds is 6. The number of ether oxygens (including phenoxy) is 1. The molecule has 0 saturated carbocycles. The summed E-state index contributed by atoms with van der Waals surface area (Å²) >= 11 is 3.39. The monoisotopic (exact) mass is 391 g/mol. The molecule has 0 aliphatic heterocycles. The minimum atomic E-state index is -0.182. The molecule has 1 unspecified atom stereocenters. The lowest BCUT2D eigenvalue weighted by Crippen LogP contribution is -3.12. The van der Waals surface area contributed by atoms with Crippen molar-refractivity contribution in [2.45, 2.75) is 26.4 Å². The van der Waals surface area contributed by atoms with Crippen LogP contribution in [-0.4, -0.2) is 26.1 Å². The quantitative estimate of drug-likeness (QED) is 0.794. The zero-order valence-corrected chi connectivity index (χ0v) is 16.1. The Morgan fingerprint density at radius 2 is 1.92 bits per heavy atom. The number of amides is 1. The van der Waals surface area contributed by atoms with Crippen LogP contribution in [0.1, 0.15) is 18.1 Å². The molecule has 2 atom stereocenters. The van der Waals surface area contributed by atoms with Gasteiger partial charge in [-0.3, -0.25) is 4.79 Å². The molecule has 0 heterocycles. The summed E-state index contributed by atoms with van der Waals surface area (Å²) in [7, 11) is 3.70. The fourth-order valence-corrected chi connectivity index (χ4v) is 2.77. The molecule has 24 heavy (non-hydrogen) atoms. The highest BCUT2D eigenvalue weighted by Gasteiger charge is 2.23. The van der Waals surface area contributed by atoms with E-state index in [0.717, 1.165) is 32.9 Å². The molecule has 4 nitrogen and oxygen atoms in total. The van der Waals surface area contributed by atoms with Crippen molar-refractivity contribution in [3.05, 3.63) is 58.1 Å². The highest BCUT2D eigenvalue weighted by molar-refractivity contribution is 9.10. The van der Waals surface area contributed by atoms with Gasteiger partial charge in [-0.05, 0) is 50.2 Å². The Kier molecular flexibility index (Phi) is 6.40. The van der Waals surface area contributed by atoms with E-state index in [1.165, 1.54) is 5.56 Å². The molecule has 0 aromatic heterocycles. The van der Waals surface area contributed by atoms with Crippen LogP contribution >= 0.6 is 15.9 Å². The summed E-state index contributed by atoms with van der Waals surface area (Å²) < 4.78 is 6.42. The average molecular weight is 392 g/mol. The van der Waals surface area contributed by atoms with Crippen LogP contribution < -0.4 is 15.0 Å². The summed E-state index contributed by atoms with van der Waals surface area (Å²) in [4.78, 5) is 13.6. The lowest BCUT2D eigenvalue weighted by molar-refractivity contribution is -0.907. The number of likely N-dealkylation sites (N-methyl/N-ethyl adjacent to an activating group) is 1. The Bertz CT molecular complexity index is 701. The van der Waals surface area contributed by atoms with Crippen molar-refractivity contribution in [2.24, 2.45) is 0 Å². The highest BCUT2D eigenvalue weighted by Crippen LogP contribution is 2.18. The number of hydrogen-bond donors (Lipinski definition) is 2. The molecule has 1 amide bonds. The molecule has 2 rings (SSSR count). The van der Waals surface area contributed by atoms with Gasteiger partial charge in [-0.25, -0.2) is 0 Å². The van der Waals surface area contributed by atoms with E-state index in [-0.39, 0.29) is 11.9 Å². The summed E-state index contributed by atoms with van der Waals surface area (Å²) in [6.07, 6.45) is 0. The van der Waals surface area contributed by atoms with E-state index in [1.807, 2.05) is 50.4 Å². The largest absolute Gasteiger partial charge is 0.496 e. The molecule has 2 N–H and O–H groups in total. The van der Waals surface area contributed by atoms with Crippen molar-refractivity contribution in [1.82, 2.24) is 0 Å². The lowest BCUT2D eigenvalue weighted by atomic mass is 10.1. The smallest absolute Gasteiger partial charge is 0.282 e. The first-order valence-electron chi connectivity index (χ1n) is 7.93. The number of carbonyl (C=O) groups is 1. The van der Waals surface area contributed by atoms with Crippen LogP contribution in [-0.2, 0) is 11.3 Å². The summed E-state index contributed by atoms with van der Waals surface area (Å²) in [5.74, 6) is 0.863. The van der Waals surface area contributed by atoms with Crippen molar-refractivity contribution in [3.63, 3.8) is 0 Å². The van der Waals surface area contributed by atoms with E-state index in [4.69, 9.17) is 4.74 Å². The second-order valence-electron chi connectivity index (χ2n) is 6.06. The number of halogens is 1. The standard InChI is InChI=1S/C19H23BrN2O2/c1-13-5-10-18(24-4)15(11-13)12-22(3)14(2)19(23)21-17-8-6-16(20)7-9-17/h5-11,14H,12H2,1-4H3,(H,21,23)/p+1/t14-/m1/s1. The topological polar surface area (TPSA) is 42.8 Å². The van der Waals surface area contributed by atoms with Gasteiger partial charge in [0.15, 0.2) is 6.04 Å². The second-order valence-corrected chi connectivity index (χ2v) is 6.97. The fraction of sp³-hybridized carbons (Fsp3) is 0.316. The third-order valence-electron chi connectivity index (χ3n) is 4.15. The van der Waals surface area contributed by atoms with Crippen LogP contribution in [0.4, 0.5) is 5.69 Å². The first-order chi connectivity index (χ1) is 11.4. The summed E-state index contributed by atoms with van der Waals surface area (Å²) in [6, 6.07) is 13.5. The van der Waals surface area contributed by atoms with Gasteiger partial charge in [0.25, 0.3) is 5.91 Å². The fourth-order valence-electron chi connectivity index (χ4n) is 2.51. The molecular formula is C19H24BrN2O2+. The van der Waals surface area contributed by atoms with E-state index in [0.29, 0.717) is 0 Å². The van der Waals surface area contributed by atoms with Gasteiger partial charge in [-0.15, -0.1) is 0 Å². The van der Waals surface area contributed by atoms with Crippen LogP contribution in [0, 0.1) is 6.92 Å². The Morgan fingerprint density at radius 3 is 2.54 bits per heavy atom. The normalized spacial score (nSPS) is 13.2. The number of methoxy groups -OCH3 is 1. The summed E-state index contributed by atoms with van der Waals surface area (Å²) in [6.45, 7) is 4.72. The van der Waals surface area contributed by atoms with E-state index in [9.17, 15) is 4.79 Å². The molecule has 0 saturated heterocycles. The molecule has 0 bridgehead atoms. The number of quaternary nitrogens is 1. The van der Waals surface area contributed by atoms with E-state index in [1.54, 1.807) is 7.11 Å². The molecule has 0 aliphatic carbocycles. The van der Waals surface area contributed by atoms with Crippen LogP contribution in [0.2, 0.25) is 0 Å². The number of aryl methyl sites for hydroxylation is 1. The van der Waals surface area contributed by atoms with Gasteiger partial charge in [-0.1, -0.05) is 27.6 Å². The number of nitrogens with one attached hydrogen (secondary N) is 2. The molecule has 0 fully saturated rings. The predicted octanol–water partition coefficient (Wildman–Crippen LogP) is 2.81. The van der Waals surface area contributed by atoms with Gasteiger partial charge in [0.05, 0.1) is 14.2 Å². The Morgan fingerprint density at radius 1 is 1.25 bits per heavy atom. The number of benzene rings is 2. The van der Waals surface area contributed by atoms with Crippen LogP contribution in [0.25, 0.3) is 0 Å². The van der Waals surface area contributed by atoms with Gasteiger partial charge in [-0.2, -0.15) is 0 Å². The van der Waals surface area contributed by atoms with Gasteiger partial charge in [0.1, 0.15) is 12.3 Å². The number of carbonyl (C=O) groups excluding carboxylic acids is 1. The van der Waals surface area contributed by atoms with Gasteiger partial charge in [0.2, 0.25) is 0 Å². The van der Waals surface area contributed by atoms with Crippen LogP contribution in [0.5, 0.6) is 5.75 Å². The second kappa shape index (κ2) is 8.31. The molecule has 2 aromatic rings. The zero-order chi connectivity index (χ0) is 17.7. The van der Waals surface area contributed by atoms with E-state index < -0.39 is 0 Å². The highest BCUT2D eigenvalue weighted by atomic mass is 79.9.